The lowest BCUT2D eigenvalue weighted by Gasteiger charge is -2.30. The van der Waals surface area contributed by atoms with Crippen molar-refractivity contribution < 1.29 is 9.84 Å². The number of rotatable bonds is 5. The third-order valence-corrected chi connectivity index (χ3v) is 2.21. The van der Waals surface area contributed by atoms with Gasteiger partial charge in [-0.25, -0.2) is 0 Å². The van der Waals surface area contributed by atoms with Crippen LogP contribution in [-0.4, -0.2) is 24.4 Å². The minimum atomic E-state index is -0.0326. The van der Waals surface area contributed by atoms with Crippen LogP contribution < -0.4 is 0 Å². The molecule has 0 aliphatic heterocycles. The molecule has 0 unspecified atom stereocenters. The average molecular weight is 158 g/mol. The van der Waals surface area contributed by atoms with Gasteiger partial charge in [0.05, 0.1) is 6.10 Å². The third-order valence-electron chi connectivity index (χ3n) is 2.21. The molecule has 0 aromatic rings. The molecular weight excluding hydrogens is 140 g/mol. The number of ether oxygens (including phenoxy) is 1. The minimum absolute atomic E-state index is 0.0326. The highest BCUT2D eigenvalue weighted by atomic mass is 16.5. The van der Waals surface area contributed by atoms with Gasteiger partial charge in [0.2, 0.25) is 0 Å². The van der Waals surface area contributed by atoms with Crippen molar-refractivity contribution in [2.45, 2.75) is 38.7 Å². The Morgan fingerprint density at radius 2 is 2.18 bits per heavy atom. The van der Waals surface area contributed by atoms with Gasteiger partial charge in [0.1, 0.15) is 0 Å². The van der Waals surface area contributed by atoms with E-state index in [9.17, 15) is 0 Å². The van der Waals surface area contributed by atoms with Gasteiger partial charge in [-0.3, -0.25) is 0 Å². The molecule has 1 N–H and O–H groups in total. The molecule has 0 aromatic heterocycles. The summed E-state index contributed by atoms with van der Waals surface area (Å²) in [5.41, 5.74) is 0. The van der Waals surface area contributed by atoms with Crippen LogP contribution in [0.2, 0.25) is 0 Å². The predicted molar refractivity (Wildman–Crippen MR) is 44.5 cm³/mol. The summed E-state index contributed by atoms with van der Waals surface area (Å²) in [4.78, 5) is 0. The van der Waals surface area contributed by atoms with Crippen molar-refractivity contribution in [1.29, 1.82) is 0 Å². The van der Waals surface area contributed by atoms with E-state index in [2.05, 4.69) is 6.92 Å². The minimum Gasteiger partial charge on any atom is -0.393 e. The molecule has 66 valence electrons. The van der Waals surface area contributed by atoms with Crippen molar-refractivity contribution in [3.8, 4) is 0 Å². The van der Waals surface area contributed by atoms with Crippen molar-refractivity contribution in [2.75, 3.05) is 13.2 Å². The SMILES string of the molecule is CCCCOC[C@H]1C[C@H](O)C1. The molecule has 2 heteroatoms. The van der Waals surface area contributed by atoms with Crippen LogP contribution in [0.15, 0.2) is 0 Å². The molecule has 2 nitrogen and oxygen atoms in total. The van der Waals surface area contributed by atoms with Crippen LogP contribution in [0.4, 0.5) is 0 Å². The van der Waals surface area contributed by atoms with E-state index in [0.717, 1.165) is 32.5 Å². The molecule has 0 saturated heterocycles. The molecule has 1 aliphatic carbocycles. The van der Waals surface area contributed by atoms with Gasteiger partial charge >= 0.3 is 0 Å². The fourth-order valence-corrected chi connectivity index (χ4v) is 1.33. The van der Waals surface area contributed by atoms with Gasteiger partial charge in [-0.1, -0.05) is 13.3 Å². The quantitative estimate of drug-likeness (QED) is 0.615. The molecule has 1 saturated carbocycles. The van der Waals surface area contributed by atoms with E-state index in [0.29, 0.717) is 5.92 Å². The van der Waals surface area contributed by atoms with Crippen LogP contribution in [-0.2, 0) is 4.74 Å². The molecule has 0 heterocycles. The maximum Gasteiger partial charge on any atom is 0.0547 e. The highest BCUT2D eigenvalue weighted by Crippen LogP contribution is 2.26. The van der Waals surface area contributed by atoms with Crippen molar-refractivity contribution in [3.63, 3.8) is 0 Å². The fraction of sp³-hybridized carbons (Fsp3) is 1.00. The maximum absolute atomic E-state index is 8.97. The number of aliphatic hydroxyl groups is 1. The Morgan fingerprint density at radius 1 is 1.45 bits per heavy atom. The highest BCUT2D eigenvalue weighted by molar-refractivity contribution is 4.77. The standard InChI is InChI=1S/C9H18O2/c1-2-3-4-11-7-8-5-9(10)6-8/h8-10H,2-7H2,1H3/t8-,9-. The van der Waals surface area contributed by atoms with Gasteiger partial charge in [-0.2, -0.15) is 0 Å². The van der Waals surface area contributed by atoms with Gasteiger partial charge < -0.3 is 9.84 Å². The smallest absolute Gasteiger partial charge is 0.0547 e. The van der Waals surface area contributed by atoms with Crippen LogP contribution in [0.1, 0.15) is 32.6 Å². The summed E-state index contributed by atoms with van der Waals surface area (Å²) in [6.07, 6.45) is 4.23. The Labute approximate surface area is 68.6 Å². The summed E-state index contributed by atoms with van der Waals surface area (Å²) in [5.74, 6) is 0.641. The zero-order valence-corrected chi connectivity index (χ0v) is 7.25. The van der Waals surface area contributed by atoms with Crippen molar-refractivity contribution in [2.24, 2.45) is 5.92 Å². The first kappa shape index (κ1) is 9.01. The van der Waals surface area contributed by atoms with Crippen LogP contribution >= 0.6 is 0 Å². The summed E-state index contributed by atoms with van der Waals surface area (Å²) in [6.45, 7) is 3.91. The molecule has 1 fully saturated rings. The van der Waals surface area contributed by atoms with E-state index < -0.39 is 0 Å². The fourth-order valence-electron chi connectivity index (χ4n) is 1.33. The topological polar surface area (TPSA) is 29.5 Å². The van der Waals surface area contributed by atoms with Gasteiger partial charge in [0.15, 0.2) is 0 Å². The molecule has 0 bridgehead atoms. The number of unbranched alkanes of at least 4 members (excludes halogenated alkanes) is 1. The van der Waals surface area contributed by atoms with Crippen LogP contribution in [0.25, 0.3) is 0 Å². The molecule has 1 rings (SSSR count). The zero-order valence-electron chi connectivity index (χ0n) is 7.25. The molecule has 0 amide bonds. The summed E-state index contributed by atoms with van der Waals surface area (Å²) in [7, 11) is 0. The summed E-state index contributed by atoms with van der Waals surface area (Å²) >= 11 is 0. The first-order valence-corrected chi connectivity index (χ1v) is 4.58. The van der Waals surface area contributed by atoms with E-state index in [1.165, 1.54) is 6.42 Å². The second kappa shape index (κ2) is 4.73. The number of hydrogen-bond donors (Lipinski definition) is 1. The lowest BCUT2D eigenvalue weighted by molar-refractivity contribution is -0.0104. The summed E-state index contributed by atoms with van der Waals surface area (Å²) in [6, 6.07) is 0. The monoisotopic (exact) mass is 158 g/mol. The first-order chi connectivity index (χ1) is 5.33. The summed E-state index contributed by atoms with van der Waals surface area (Å²) in [5, 5.41) is 8.97. The van der Waals surface area contributed by atoms with Gasteiger partial charge in [0, 0.05) is 13.2 Å². The second-order valence-electron chi connectivity index (χ2n) is 3.42. The van der Waals surface area contributed by atoms with E-state index in [-0.39, 0.29) is 6.10 Å². The van der Waals surface area contributed by atoms with Crippen LogP contribution in [0.3, 0.4) is 0 Å². The lowest BCUT2D eigenvalue weighted by Crippen LogP contribution is -2.31. The second-order valence-corrected chi connectivity index (χ2v) is 3.42. The molecule has 1 aliphatic rings. The van der Waals surface area contributed by atoms with Gasteiger partial charge in [0.25, 0.3) is 0 Å². The van der Waals surface area contributed by atoms with Crippen molar-refractivity contribution in [1.82, 2.24) is 0 Å². The molecule has 0 radical (unpaired) electrons. The molecule has 11 heavy (non-hydrogen) atoms. The Balaban J connectivity index is 1.81. The van der Waals surface area contributed by atoms with Gasteiger partial charge in [-0.15, -0.1) is 0 Å². The van der Waals surface area contributed by atoms with E-state index in [1.807, 2.05) is 0 Å². The number of hydrogen-bond acceptors (Lipinski definition) is 2. The third kappa shape index (κ3) is 3.21. The Hall–Kier alpha value is -0.0800. The van der Waals surface area contributed by atoms with Gasteiger partial charge in [-0.05, 0) is 25.2 Å². The van der Waals surface area contributed by atoms with E-state index >= 15 is 0 Å². The highest BCUT2D eigenvalue weighted by Gasteiger charge is 2.26. The van der Waals surface area contributed by atoms with Crippen LogP contribution in [0, 0.1) is 5.92 Å². The molecular formula is C9H18O2. The average Bonchev–Trinajstić information content (AvgIpc) is 1.94. The van der Waals surface area contributed by atoms with E-state index in [4.69, 9.17) is 9.84 Å². The summed E-state index contributed by atoms with van der Waals surface area (Å²) < 4.78 is 5.42. The molecule has 0 aromatic carbocycles. The molecule has 0 atom stereocenters. The first-order valence-electron chi connectivity index (χ1n) is 4.58. The molecule has 0 spiro atoms. The normalized spacial score (nSPS) is 30.0. The Kier molecular flexibility index (Phi) is 3.87. The van der Waals surface area contributed by atoms with Crippen molar-refractivity contribution >= 4 is 0 Å². The predicted octanol–water partition coefficient (Wildman–Crippen LogP) is 1.57. The van der Waals surface area contributed by atoms with E-state index in [1.54, 1.807) is 0 Å². The Morgan fingerprint density at radius 3 is 2.73 bits per heavy atom. The zero-order chi connectivity index (χ0) is 8.10. The Bertz CT molecular complexity index is 97.7. The largest absolute Gasteiger partial charge is 0.393 e. The van der Waals surface area contributed by atoms with Crippen molar-refractivity contribution in [3.05, 3.63) is 0 Å². The number of aliphatic hydroxyl groups excluding tert-OH is 1. The maximum atomic E-state index is 8.97. The van der Waals surface area contributed by atoms with Crippen LogP contribution in [0.5, 0.6) is 0 Å². The lowest BCUT2D eigenvalue weighted by atomic mass is 9.83.